The van der Waals surface area contributed by atoms with Gasteiger partial charge in [0.25, 0.3) is 5.91 Å². The molecule has 2 aliphatic heterocycles. The quantitative estimate of drug-likeness (QED) is 0.395. The molecule has 3 heterocycles. The smallest absolute Gasteiger partial charge is 0.255 e. The van der Waals surface area contributed by atoms with Crippen molar-refractivity contribution in [3.05, 3.63) is 64.9 Å². The van der Waals surface area contributed by atoms with E-state index >= 15 is 0 Å². The number of amides is 3. The van der Waals surface area contributed by atoms with Crippen LogP contribution in [0.3, 0.4) is 0 Å². The summed E-state index contributed by atoms with van der Waals surface area (Å²) < 4.78 is 12.2. The second kappa shape index (κ2) is 9.45. The van der Waals surface area contributed by atoms with Crippen molar-refractivity contribution in [3.63, 3.8) is 0 Å². The lowest BCUT2D eigenvalue weighted by Crippen LogP contribution is -2.52. The Hall–Kier alpha value is -3.61. The zero-order valence-electron chi connectivity index (χ0n) is 20.3. The van der Waals surface area contributed by atoms with Crippen LogP contribution in [0.4, 0.5) is 0 Å². The number of carbonyl (C=O) groups excluding carboxylic acids is 3. The van der Waals surface area contributed by atoms with E-state index in [1.54, 1.807) is 12.1 Å². The fourth-order valence-corrected chi connectivity index (χ4v) is 5.90. The van der Waals surface area contributed by atoms with Crippen LogP contribution in [0.5, 0.6) is 5.75 Å². The van der Waals surface area contributed by atoms with E-state index < -0.39 is 11.9 Å². The highest BCUT2D eigenvalue weighted by Gasteiger charge is 2.40. The summed E-state index contributed by atoms with van der Waals surface area (Å²) in [5, 5.41) is 3.43. The van der Waals surface area contributed by atoms with E-state index in [0.29, 0.717) is 23.7 Å². The van der Waals surface area contributed by atoms with Gasteiger partial charge in [-0.1, -0.05) is 37.8 Å². The number of nitrogens with zero attached hydrogens (tertiary/aromatic N) is 1. The molecule has 2 aromatic carbocycles. The third-order valence-electron chi connectivity index (χ3n) is 7.83. The Morgan fingerprint density at radius 1 is 0.972 bits per heavy atom. The number of benzene rings is 2. The Labute approximate surface area is 209 Å². The molecule has 1 atom stereocenters. The van der Waals surface area contributed by atoms with E-state index in [4.69, 9.17) is 9.15 Å². The van der Waals surface area contributed by atoms with E-state index in [9.17, 15) is 14.4 Å². The SMILES string of the molecule is O=C1CCC(N2Cc3c(OCc4cc5cc(C6CCCCCC6)ccc5o4)cccc3C2=O)C(=O)N1. The summed E-state index contributed by atoms with van der Waals surface area (Å²) in [7, 11) is 0. The van der Waals surface area contributed by atoms with Crippen LogP contribution in [0.15, 0.2) is 46.9 Å². The number of fused-ring (bicyclic) bond motifs is 2. The molecule has 0 bridgehead atoms. The fourth-order valence-electron chi connectivity index (χ4n) is 5.90. The highest BCUT2D eigenvalue weighted by Crippen LogP contribution is 2.36. The van der Waals surface area contributed by atoms with Gasteiger partial charge in [0.05, 0.1) is 6.54 Å². The fraction of sp³-hybridized carbons (Fsp3) is 0.414. The average molecular weight is 487 g/mol. The number of nitrogens with one attached hydrogen (secondary N) is 1. The number of hydrogen-bond acceptors (Lipinski definition) is 5. The van der Waals surface area contributed by atoms with Crippen molar-refractivity contribution in [2.24, 2.45) is 0 Å². The summed E-state index contributed by atoms with van der Waals surface area (Å²) >= 11 is 0. The normalized spacial score (nSPS) is 20.9. The van der Waals surface area contributed by atoms with Crippen molar-refractivity contribution in [3.8, 4) is 5.75 Å². The van der Waals surface area contributed by atoms with Crippen molar-refractivity contribution in [1.29, 1.82) is 0 Å². The first-order valence-electron chi connectivity index (χ1n) is 13.0. The minimum absolute atomic E-state index is 0.209. The van der Waals surface area contributed by atoms with Crippen molar-refractivity contribution in [2.45, 2.75) is 76.5 Å². The molecule has 7 heteroatoms. The molecule has 3 aromatic rings. The predicted molar refractivity (Wildman–Crippen MR) is 133 cm³/mol. The highest BCUT2D eigenvalue weighted by molar-refractivity contribution is 6.05. The molecule has 36 heavy (non-hydrogen) atoms. The number of furan rings is 1. The lowest BCUT2D eigenvalue weighted by atomic mass is 9.91. The molecule has 1 aromatic heterocycles. The van der Waals surface area contributed by atoms with Gasteiger partial charge in [0.2, 0.25) is 11.8 Å². The third kappa shape index (κ3) is 4.27. The first kappa shape index (κ1) is 22.8. The van der Waals surface area contributed by atoms with Gasteiger partial charge in [0.15, 0.2) is 0 Å². The summed E-state index contributed by atoms with van der Waals surface area (Å²) in [5.41, 5.74) is 3.54. The molecule has 186 valence electrons. The van der Waals surface area contributed by atoms with E-state index in [-0.39, 0.29) is 31.4 Å². The van der Waals surface area contributed by atoms with E-state index in [0.717, 1.165) is 22.3 Å². The molecule has 1 aliphatic carbocycles. The monoisotopic (exact) mass is 486 g/mol. The number of imide groups is 1. The minimum Gasteiger partial charge on any atom is -0.485 e. The number of rotatable bonds is 5. The molecule has 1 saturated carbocycles. The van der Waals surface area contributed by atoms with Gasteiger partial charge in [0, 0.05) is 22.9 Å². The van der Waals surface area contributed by atoms with Gasteiger partial charge in [-0.15, -0.1) is 0 Å². The lowest BCUT2D eigenvalue weighted by molar-refractivity contribution is -0.136. The molecule has 1 saturated heterocycles. The Bertz CT molecular complexity index is 1330. The highest BCUT2D eigenvalue weighted by atomic mass is 16.5. The first-order chi connectivity index (χ1) is 17.6. The molecule has 1 unspecified atom stereocenters. The van der Waals surface area contributed by atoms with Gasteiger partial charge in [-0.05, 0) is 61.1 Å². The molecule has 1 N–H and O–H groups in total. The number of piperidine rings is 1. The predicted octanol–water partition coefficient (Wildman–Crippen LogP) is 5.21. The second-order valence-corrected chi connectivity index (χ2v) is 10.2. The Morgan fingerprint density at radius 3 is 2.61 bits per heavy atom. The largest absolute Gasteiger partial charge is 0.485 e. The van der Waals surface area contributed by atoms with Crippen LogP contribution < -0.4 is 10.1 Å². The second-order valence-electron chi connectivity index (χ2n) is 10.2. The lowest BCUT2D eigenvalue weighted by Gasteiger charge is -2.29. The molecule has 3 amide bonds. The zero-order valence-corrected chi connectivity index (χ0v) is 20.3. The maximum Gasteiger partial charge on any atom is 0.255 e. The zero-order chi connectivity index (χ0) is 24.6. The maximum atomic E-state index is 13.0. The summed E-state index contributed by atoms with van der Waals surface area (Å²) in [6.45, 7) is 0.526. The van der Waals surface area contributed by atoms with Gasteiger partial charge in [0.1, 0.15) is 29.7 Å². The molecule has 0 radical (unpaired) electrons. The summed E-state index contributed by atoms with van der Waals surface area (Å²) in [4.78, 5) is 38.4. The van der Waals surface area contributed by atoms with Crippen LogP contribution in [-0.4, -0.2) is 28.7 Å². The van der Waals surface area contributed by atoms with Crippen LogP contribution in [0, 0.1) is 0 Å². The molecule has 3 aliphatic rings. The Morgan fingerprint density at radius 2 is 1.81 bits per heavy atom. The number of hydrogen-bond donors (Lipinski definition) is 1. The summed E-state index contributed by atoms with van der Waals surface area (Å²) in [6, 6.07) is 13.3. The van der Waals surface area contributed by atoms with Crippen LogP contribution in [0.2, 0.25) is 0 Å². The molecule has 2 fully saturated rings. The maximum absolute atomic E-state index is 13.0. The number of carbonyl (C=O) groups is 3. The van der Waals surface area contributed by atoms with E-state index in [1.165, 1.54) is 49.0 Å². The molecule has 6 rings (SSSR count). The van der Waals surface area contributed by atoms with Crippen LogP contribution in [-0.2, 0) is 22.7 Å². The van der Waals surface area contributed by atoms with Crippen molar-refractivity contribution in [1.82, 2.24) is 10.2 Å². The summed E-state index contributed by atoms with van der Waals surface area (Å²) in [5.74, 6) is 1.04. The molecular weight excluding hydrogens is 456 g/mol. The van der Waals surface area contributed by atoms with Crippen molar-refractivity contribution < 1.29 is 23.5 Å². The third-order valence-corrected chi connectivity index (χ3v) is 7.83. The average Bonchev–Trinajstić information content (AvgIpc) is 3.31. The van der Waals surface area contributed by atoms with Crippen LogP contribution >= 0.6 is 0 Å². The molecule has 0 spiro atoms. The van der Waals surface area contributed by atoms with Gasteiger partial charge in [-0.25, -0.2) is 0 Å². The number of ether oxygens (including phenoxy) is 1. The molecular formula is C29H30N2O5. The minimum atomic E-state index is -0.645. The Kier molecular flexibility index (Phi) is 5.99. The Balaban J connectivity index is 1.17. The van der Waals surface area contributed by atoms with Crippen LogP contribution in [0.25, 0.3) is 11.0 Å². The topological polar surface area (TPSA) is 88.9 Å². The summed E-state index contributed by atoms with van der Waals surface area (Å²) in [6.07, 6.45) is 8.37. The van der Waals surface area contributed by atoms with Crippen LogP contribution in [0.1, 0.15) is 84.5 Å². The standard InChI is InChI=1S/C29H30N2O5/c32-27-13-11-24(28(33)30-27)31-16-23-22(29(31)34)8-5-9-26(23)35-17-21-15-20-14-19(10-12-25(20)36-21)18-6-3-1-2-4-7-18/h5,8-10,12,14-15,18,24H,1-4,6-7,11,13,16-17H2,(H,30,32,33). The first-order valence-corrected chi connectivity index (χ1v) is 13.0. The van der Waals surface area contributed by atoms with E-state index in [1.807, 2.05) is 12.1 Å². The van der Waals surface area contributed by atoms with Gasteiger partial charge < -0.3 is 14.1 Å². The van der Waals surface area contributed by atoms with Gasteiger partial charge >= 0.3 is 0 Å². The van der Waals surface area contributed by atoms with Crippen molar-refractivity contribution in [2.75, 3.05) is 0 Å². The van der Waals surface area contributed by atoms with Crippen molar-refractivity contribution >= 4 is 28.7 Å². The van der Waals surface area contributed by atoms with Gasteiger partial charge in [-0.2, -0.15) is 0 Å². The van der Waals surface area contributed by atoms with E-state index in [2.05, 4.69) is 23.5 Å². The van der Waals surface area contributed by atoms with Gasteiger partial charge in [-0.3, -0.25) is 19.7 Å². The molecule has 7 nitrogen and oxygen atoms in total.